The minimum atomic E-state index is -0.841. The lowest BCUT2D eigenvalue weighted by molar-refractivity contribution is -0.159. The number of ether oxygens (including phenoxy) is 3. The normalized spacial score (nSPS) is 27.9. The van der Waals surface area contributed by atoms with Gasteiger partial charge in [-0.15, -0.1) is 0 Å². The van der Waals surface area contributed by atoms with Crippen LogP contribution in [-0.4, -0.2) is 73.2 Å². The van der Waals surface area contributed by atoms with Crippen LogP contribution in [0.2, 0.25) is 0 Å². The highest BCUT2D eigenvalue weighted by molar-refractivity contribution is 5.89. The summed E-state index contributed by atoms with van der Waals surface area (Å²) in [6, 6.07) is 4.83. The molecule has 8 nitrogen and oxygen atoms in total. The van der Waals surface area contributed by atoms with Crippen molar-refractivity contribution in [3.05, 3.63) is 30.1 Å². The number of esters is 1. The van der Waals surface area contributed by atoms with Crippen molar-refractivity contribution in [1.82, 2.24) is 4.90 Å². The molecule has 2 heterocycles. The van der Waals surface area contributed by atoms with Gasteiger partial charge in [-0.2, -0.15) is 0 Å². The molecule has 0 aliphatic carbocycles. The predicted octanol–water partition coefficient (Wildman–Crippen LogP) is 1.53. The van der Waals surface area contributed by atoms with Gasteiger partial charge in [0, 0.05) is 5.69 Å². The largest absolute Gasteiger partial charge is 0.469 e. The van der Waals surface area contributed by atoms with E-state index in [1.165, 1.54) is 30.2 Å². The number of rotatable bonds is 3. The van der Waals surface area contributed by atoms with Crippen LogP contribution in [0, 0.1) is 5.82 Å². The van der Waals surface area contributed by atoms with Crippen molar-refractivity contribution in [2.45, 2.75) is 43.6 Å². The average Bonchev–Trinajstić information content (AvgIpc) is 2.65. The van der Waals surface area contributed by atoms with Gasteiger partial charge in [-0.3, -0.25) is 4.79 Å². The van der Waals surface area contributed by atoms with Crippen molar-refractivity contribution >= 4 is 17.7 Å². The average molecular weight is 396 g/mol. The number of β-amino-alcohol motifs (C(OH)–C–C–N with tert-alkyl or cyclic N) is 1. The number of urea groups is 1. The molecule has 2 N–H and O–H groups in total. The van der Waals surface area contributed by atoms with E-state index < -0.39 is 24.1 Å². The summed E-state index contributed by atoms with van der Waals surface area (Å²) in [5.74, 6) is -0.810. The van der Waals surface area contributed by atoms with E-state index in [0.29, 0.717) is 18.5 Å². The number of halogens is 1. The van der Waals surface area contributed by atoms with Gasteiger partial charge in [0.15, 0.2) is 0 Å². The highest BCUT2D eigenvalue weighted by atomic mass is 19.1. The van der Waals surface area contributed by atoms with Crippen LogP contribution >= 0.6 is 0 Å². The quantitative estimate of drug-likeness (QED) is 0.752. The lowest BCUT2D eigenvalue weighted by Gasteiger charge is -2.44. The molecule has 2 saturated heterocycles. The molecular weight excluding hydrogens is 371 g/mol. The van der Waals surface area contributed by atoms with Crippen LogP contribution in [0.3, 0.4) is 0 Å². The second kappa shape index (κ2) is 9.31. The standard InChI is InChI=1S/C19H25FN2O6/c1-26-18(24)8-15-5-6-16-17(28-15)11-27-10-14(23)9-22(16)19(25)21-13-4-2-3-12(20)7-13/h2-4,7,14-17,23H,5-6,8-11H2,1H3,(H,21,25)/t14-,15+,16-,17+/m0/s1. The van der Waals surface area contributed by atoms with E-state index in [0.717, 1.165) is 0 Å². The fraction of sp³-hybridized carbons (Fsp3) is 0.579. The Morgan fingerprint density at radius 1 is 1.36 bits per heavy atom. The van der Waals surface area contributed by atoms with E-state index in [2.05, 4.69) is 5.32 Å². The third-order valence-electron chi connectivity index (χ3n) is 4.94. The molecule has 28 heavy (non-hydrogen) atoms. The summed E-state index contributed by atoms with van der Waals surface area (Å²) < 4.78 is 29.6. The maximum atomic E-state index is 13.4. The predicted molar refractivity (Wildman–Crippen MR) is 97.3 cm³/mol. The Bertz CT molecular complexity index is 703. The van der Waals surface area contributed by atoms with Crippen molar-refractivity contribution in [1.29, 1.82) is 0 Å². The zero-order valence-corrected chi connectivity index (χ0v) is 15.7. The molecule has 154 valence electrons. The molecule has 2 aliphatic rings. The molecule has 0 spiro atoms. The lowest BCUT2D eigenvalue weighted by Crippen LogP contribution is -2.58. The Kier molecular flexibility index (Phi) is 6.82. The van der Waals surface area contributed by atoms with Gasteiger partial charge in [-0.05, 0) is 31.0 Å². The van der Waals surface area contributed by atoms with E-state index in [9.17, 15) is 19.1 Å². The maximum absolute atomic E-state index is 13.4. The SMILES string of the molecule is COC(=O)C[C@H]1CC[C@H]2[C@@H](COC[C@@H](O)CN2C(=O)Nc2cccc(F)c2)O1. The number of carbonyl (C=O) groups excluding carboxylic acids is 2. The number of aliphatic hydroxyl groups excluding tert-OH is 1. The number of fused-ring (bicyclic) bond motifs is 1. The van der Waals surface area contributed by atoms with Crippen molar-refractivity contribution < 1.29 is 33.3 Å². The Labute approximate surface area is 162 Å². The van der Waals surface area contributed by atoms with Crippen LogP contribution in [0.15, 0.2) is 24.3 Å². The lowest BCUT2D eigenvalue weighted by atomic mass is 9.95. The second-order valence-corrected chi connectivity index (χ2v) is 7.01. The van der Waals surface area contributed by atoms with Gasteiger partial charge in [0.1, 0.15) is 11.9 Å². The molecular formula is C19H25FN2O6. The molecule has 1 aromatic carbocycles. The molecule has 0 unspecified atom stereocenters. The van der Waals surface area contributed by atoms with E-state index in [-0.39, 0.29) is 44.3 Å². The molecule has 2 aliphatic heterocycles. The molecule has 0 aromatic heterocycles. The molecule has 4 atom stereocenters. The number of nitrogens with zero attached hydrogens (tertiary/aromatic N) is 1. The number of benzene rings is 1. The summed E-state index contributed by atoms with van der Waals surface area (Å²) in [6.07, 6.45) is -0.302. The Hall–Kier alpha value is -2.23. The molecule has 0 saturated carbocycles. The summed E-state index contributed by atoms with van der Waals surface area (Å²) in [5.41, 5.74) is 0.328. The number of hydrogen-bond acceptors (Lipinski definition) is 6. The van der Waals surface area contributed by atoms with Gasteiger partial charge in [0.2, 0.25) is 0 Å². The highest BCUT2D eigenvalue weighted by Gasteiger charge is 2.40. The minimum Gasteiger partial charge on any atom is -0.469 e. The Balaban J connectivity index is 1.72. The van der Waals surface area contributed by atoms with Crippen LogP contribution in [0.1, 0.15) is 19.3 Å². The zero-order chi connectivity index (χ0) is 20.1. The van der Waals surface area contributed by atoms with E-state index in [1.807, 2.05) is 0 Å². The van der Waals surface area contributed by atoms with Gasteiger partial charge in [-0.1, -0.05) is 6.07 Å². The molecule has 0 bridgehead atoms. The van der Waals surface area contributed by atoms with Gasteiger partial charge in [0.25, 0.3) is 0 Å². The summed E-state index contributed by atoms with van der Waals surface area (Å²) in [5, 5.41) is 12.8. The number of nitrogens with one attached hydrogen (secondary N) is 1. The molecule has 2 fully saturated rings. The Morgan fingerprint density at radius 3 is 2.93 bits per heavy atom. The van der Waals surface area contributed by atoms with Crippen molar-refractivity contribution in [2.24, 2.45) is 0 Å². The number of methoxy groups -OCH3 is 1. The topological polar surface area (TPSA) is 97.3 Å². The monoisotopic (exact) mass is 396 g/mol. The van der Waals surface area contributed by atoms with E-state index >= 15 is 0 Å². The third-order valence-corrected chi connectivity index (χ3v) is 4.94. The number of hydrogen-bond donors (Lipinski definition) is 2. The second-order valence-electron chi connectivity index (χ2n) is 7.01. The van der Waals surface area contributed by atoms with Crippen LogP contribution in [0.4, 0.5) is 14.9 Å². The summed E-state index contributed by atoms with van der Waals surface area (Å²) in [7, 11) is 1.33. The first-order chi connectivity index (χ1) is 13.5. The minimum absolute atomic E-state index is 0.0628. The Morgan fingerprint density at radius 2 is 2.18 bits per heavy atom. The van der Waals surface area contributed by atoms with Gasteiger partial charge < -0.3 is 29.5 Å². The number of anilines is 1. The van der Waals surface area contributed by atoms with E-state index in [4.69, 9.17) is 14.2 Å². The molecule has 0 radical (unpaired) electrons. The first-order valence-corrected chi connectivity index (χ1v) is 9.27. The van der Waals surface area contributed by atoms with Gasteiger partial charge in [-0.25, -0.2) is 9.18 Å². The zero-order valence-electron chi connectivity index (χ0n) is 15.7. The maximum Gasteiger partial charge on any atom is 0.322 e. The number of aliphatic hydroxyl groups is 1. The number of amides is 2. The van der Waals surface area contributed by atoms with Gasteiger partial charge >= 0.3 is 12.0 Å². The fourth-order valence-electron chi connectivity index (χ4n) is 3.61. The first-order valence-electron chi connectivity index (χ1n) is 9.27. The van der Waals surface area contributed by atoms with Crippen molar-refractivity contribution in [3.63, 3.8) is 0 Å². The van der Waals surface area contributed by atoms with Crippen LogP contribution in [0.5, 0.6) is 0 Å². The molecule has 9 heteroatoms. The number of carbonyl (C=O) groups is 2. The van der Waals surface area contributed by atoms with Crippen molar-refractivity contribution in [3.8, 4) is 0 Å². The first kappa shape index (κ1) is 20.5. The van der Waals surface area contributed by atoms with Gasteiger partial charge in [0.05, 0.1) is 51.5 Å². The van der Waals surface area contributed by atoms with E-state index in [1.54, 1.807) is 6.07 Å². The fourth-order valence-corrected chi connectivity index (χ4v) is 3.61. The molecule has 1 aromatic rings. The summed E-state index contributed by atoms with van der Waals surface area (Å²) in [4.78, 5) is 25.9. The highest BCUT2D eigenvalue weighted by Crippen LogP contribution is 2.28. The summed E-state index contributed by atoms with van der Waals surface area (Å²) >= 11 is 0. The van der Waals surface area contributed by atoms with Crippen molar-refractivity contribution in [2.75, 3.05) is 32.2 Å². The third kappa shape index (κ3) is 5.18. The van der Waals surface area contributed by atoms with Crippen LogP contribution in [-0.2, 0) is 19.0 Å². The van der Waals surface area contributed by atoms with Crippen LogP contribution in [0.25, 0.3) is 0 Å². The summed E-state index contributed by atoms with van der Waals surface area (Å²) in [6.45, 7) is 0.328. The smallest absolute Gasteiger partial charge is 0.322 e. The molecule has 2 amide bonds. The van der Waals surface area contributed by atoms with Crippen LogP contribution < -0.4 is 5.32 Å². The molecule has 3 rings (SSSR count).